The maximum absolute atomic E-state index is 12.2. The zero-order valence-electron chi connectivity index (χ0n) is 10.7. The fourth-order valence-electron chi connectivity index (χ4n) is 2.45. The zero-order chi connectivity index (χ0) is 16.2. The fourth-order valence-corrected chi connectivity index (χ4v) is 2.86. The Labute approximate surface area is 127 Å². The lowest BCUT2D eigenvalue weighted by Gasteiger charge is -2.43. The van der Waals surface area contributed by atoms with E-state index in [1.54, 1.807) is 12.1 Å². The van der Waals surface area contributed by atoms with E-state index < -0.39 is 41.1 Å². The standard InChI is InChI=1S/C13H7ClN2O6/c14-8-7(11(19)16(8)12(20)13(21)22)15-9(17)5-3-1-2-4-6(5)10(15)18/h1-4,7-8H,(H,21,22)/t7-,8-/m0/s1. The number of aliphatic carboxylic acids is 1. The van der Waals surface area contributed by atoms with Crippen LogP contribution in [0.1, 0.15) is 20.7 Å². The number of imide groups is 2. The lowest BCUT2D eigenvalue weighted by atomic mass is 10.1. The van der Waals surface area contributed by atoms with Gasteiger partial charge in [0, 0.05) is 0 Å². The molecule has 1 fully saturated rings. The van der Waals surface area contributed by atoms with Gasteiger partial charge in [-0.2, -0.15) is 0 Å². The number of halogens is 1. The van der Waals surface area contributed by atoms with Crippen LogP contribution in [0.3, 0.4) is 0 Å². The molecule has 0 spiro atoms. The molecule has 1 N–H and O–H groups in total. The second kappa shape index (κ2) is 4.63. The van der Waals surface area contributed by atoms with Gasteiger partial charge in [-0.15, -0.1) is 0 Å². The van der Waals surface area contributed by atoms with Gasteiger partial charge in [0.15, 0.2) is 6.04 Å². The van der Waals surface area contributed by atoms with Gasteiger partial charge in [-0.1, -0.05) is 23.7 Å². The molecule has 4 amide bonds. The maximum atomic E-state index is 12.2. The highest BCUT2D eigenvalue weighted by Crippen LogP contribution is 2.34. The van der Waals surface area contributed by atoms with Gasteiger partial charge in [-0.3, -0.25) is 29.0 Å². The number of nitrogens with zero attached hydrogens (tertiary/aromatic N) is 2. The van der Waals surface area contributed by atoms with E-state index in [1.807, 2.05) is 0 Å². The summed E-state index contributed by atoms with van der Waals surface area (Å²) in [5, 5.41) is 8.60. The first-order valence-electron chi connectivity index (χ1n) is 6.07. The maximum Gasteiger partial charge on any atom is 0.395 e. The number of hydrogen-bond acceptors (Lipinski definition) is 5. The molecule has 2 aliphatic rings. The van der Waals surface area contributed by atoms with Crippen molar-refractivity contribution in [2.75, 3.05) is 0 Å². The zero-order valence-corrected chi connectivity index (χ0v) is 11.5. The van der Waals surface area contributed by atoms with E-state index in [2.05, 4.69) is 0 Å². The predicted octanol–water partition coefficient (Wildman–Crippen LogP) is -0.330. The first kappa shape index (κ1) is 14.2. The Hall–Kier alpha value is -2.74. The molecule has 0 bridgehead atoms. The molecule has 0 aromatic heterocycles. The summed E-state index contributed by atoms with van der Waals surface area (Å²) in [6.07, 6.45) is 0. The molecule has 0 saturated carbocycles. The summed E-state index contributed by atoms with van der Waals surface area (Å²) in [4.78, 5) is 59.3. The van der Waals surface area contributed by atoms with Crippen LogP contribution in [-0.4, -0.2) is 56.0 Å². The molecule has 112 valence electrons. The predicted molar refractivity (Wildman–Crippen MR) is 69.9 cm³/mol. The van der Waals surface area contributed by atoms with E-state index in [9.17, 15) is 24.0 Å². The summed E-state index contributed by atoms with van der Waals surface area (Å²) in [7, 11) is 0. The molecular formula is C13H7ClN2O6. The Morgan fingerprint density at radius 1 is 1.05 bits per heavy atom. The van der Waals surface area contributed by atoms with Gasteiger partial charge in [0.2, 0.25) is 0 Å². The number of amides is 4. The van der Waals surface area contributed by atoms with Crippen molar-refractivity contribution >= 4 is 41.2 Å². The van der Waals surface area contributed by atoms with Gasteiger partial charge in [0.05, 0.1) is 11.1 Å². The van der Waals surface area contributed by atoms with E-state index in [0.29, 0.717) is 9.80 Å². The van der Waals surface area contributed by atoms with E-state index in [0.717, 1.165) is 0 Å². The summed E-state index contributed by atoms with van der Waals surface area (Å²) in [6, 6.07) is 4.60. The first-order chi connectivity index (χ1) is 10.4. The lowest BCUT2D eigenvalue weighted by Crippen LogP contribution is -2.71. The second-order valence-corrected chi connectivity index (χ2v) is 5.11. The first-order valence-corrected chi connectivity index (χ1v) is 6.51. The Morgan fingerprint density at radius 3 is 1.95 bits per heavy atom. The van der Waals surface area contributed by atoms with Gasteiger partial charge in [-0.25, -0.2) is 4.79 Å². The minimum Gasteiger partial charge on any atom is -0.474 e. The van der Waals surface area contributed by atoms with E-state index in [4.69, 9.17) is 16.7 Å². The molecule has 0 unspecified atom stereocenters. The van der Waals surface area contributed by atoms with Crippen molar-refractivity contribution in [2.24, 2.45) is 0 Å². The molecule has 1 aromatic rings. The summed E-state index contributed by atoms with van der Waals surface area (Å²) in [5.74, 6) is -5.75. The number of fused-ring (bicyclic) bond motifs is 1. The monoisotopic (exact) mass is 322 g/mol. The number of hydrogen-bond donors (Lipinski definition) is 1. The molecule has 1 aromatic carbocycles. The molecule has 0 radical (unpaired) electrons. The molecule has 0 aliphatic carbocycles. The molecule has 2 heterocycles. The van der Waals surface area contributed by atoms with Gasteiger partial charge >= 0.3 is 11.9 Å². The van der Waals surface area contributed by atoms with Crippen molar-refractivity contribution in [2.45, 2.75) is 11.5 Å². The van der Waals surface area contributed by atoms with Gasteiger partial charge in [0.1, 0.15) is 5.50 Å². The van der Waals surface area contributed by atoms with Crippen LogP contribution in [0, 0.1) is 0 Å². The number of rotatable bonds is 1. The van der Waals surface area contributed by atoms with Gasteiger partial charge < -0.3 is 5.11 Å². The highest BCUT2D eigenvalue weighted by molar-refractivity contribution is 6.41. The van der Waals surface area contributed by atoms with Crippen LogP contribution < -0.4 is 0 Å². The summed E-state index contributed by atoms with van der Waals surface area (Å²) >= 11 is 5.84. The average molecular weight is 323 g/mol. The minimum absolute atomic E-state index is 0.132. The molecule has 3 rings (SSSR count). The smallest absolute Gasteiger partial charge is 0.395 e. The number of alkyl halides is 1. The molecule has 9 heteroatoms. The number of carbonyl (C=O) groups is 5. The van der Waals surface area contributed by atoms with Crippen molar-refractivity contribution in [1.29, 1.82) is 0 Å². The third-order valence-corrected chi connectivity index (χ3v) is 3.94. The number of carboxylic acids is 1. The minimum atomic E-state index is -1.85. The van der Waals surface area contributed by atoms with Gasteiger partial charge in [0.25, 0.3) is 17.7 Å². The van der Waals surface area contributed by atoms with Crippen LogP contribution in [0.25, 0.3) is 0 Å². The largest absolute Gasteiger partial charge is 0.474 e. The number of carbonyl (C=O) groups excluding carboxylic acids is 4. The molecule has 2 aliphatic heterocycles. The van der Waals surface area contributed by atoms with Crippen LogP contribution in [-0.2, 0) is 14.4 Å². The highest BCUT2D eigenvalue weighted by Gasteiger charge is 2.58. The van der Waals surface area contributed by atoms with Crippen LogP contribution in [0.5, 0.6) is 0 Å². The highest BCUT2D eigenvalue weighted by atomic mass is 35.5. The summed E-state index contributed by atoms with van der Waals surface area (Å²) in [6.45, 7) is 0. The van der Waals surface area contributed by atoms with Gasteiger partial charge in [-0.05, 0) is 12.1 Å². The summed E-state index contributed by atoms with van der Waals surface area (Å²) in [5.41, 5.74) is -1.14. The molecular weight excluding hydrogens is 316 g/mol. The van der Waals surface area contributed by atoms with Crippen molar-refractivity contribution in [3.63, 3.8) is 0 Å². The number of likely N-dealkylation sites (tertiary alicyclic amines) is 1. The molecule has 1 saturated heterocycles. The van der Waals surface area contributed by atoms with Crippen molar-refractivity contribution in [1.82, 2.24) is 9.80 Å². The third-order valence-electron chi connectivity index (χ3n) is 3.50. The Bertz CT molecular complexity index is 726. The van der Waals surface area contributed by atoms with E-state index >= 15 is 0 Å². The third kappa shape index (κ3) is 1.67. The Morgan fingerprint density at radius 2 is 1.55 bits per heavy atom. The van der Waals surface area contributed by atoms with Crippen LogP contribution in [0.4, 0.5) is 0 Å². The molecule has 22 heavy (non-hydrogen) atoms. The van der Waals surface area contributed by atoms with Crippen LogP contribution in [0.15, 0.2) is 24.3 Å². The number of β-lactam (4-membered cyclic amide) rings is 1. The van der Waals surface area contributed by atoms with Crippen molar-refractivity contribution < 1.29 is 29.1 Å². The topological polar surface area (TPSA) is 112 Å². The van der Waals surface area contributed by atoms with Crippen molar-refractivity contribution in [3.05, 3.63) is 35.4 Å². The molecule has 8 nitrogen and oxygen atoms in total. The van der Waals surface area contributed by atoms with Crippen LogP contribution >= 0.6 is 11.6 Å². The van der Waals surface area contributed by atoms with E-state index in [1.165, 1.54) is 12.1 Å². The SMILES string of the molecule is O=C(O)C(=O)N1C(=O)[C@@H](N2C(=O)c3ccccc3C2=O)[C@H]1Cl. The van der Waals surface area contributed by atoms with Crippen molar-refractivity contribution in [3.8, 4) is 0 Å². The van der Waals surface area contributed by atoms with E-state index in [-0.39, 0.29) is 11.1 Å². The lowest BCUT2D eigenvalue weighted by molar-refractivity contribution is -0.169. The normalized spacial score (nSPS) is 23.4. The Kier molecular flexibility index (Phi) is 2.99. The number of carboxylic acid groups (broad SMARTS) is 1. The fraction of sp³-hybridized carbons (Fsp3) is 0.154. The average Bonchev–Trinajstić information content (AvgIpc) is 2.73. The number of benzene rings is 1. The quantitative estimate of drug-likeness (QED) is 0.249. The molecule has 2 atom stereocenters. The second-order valence-electron chi connectivity index (χ2n) is 4.66. The van der Waals surface area contributed by atoms with Crippen LogP contribution in [0.2, 0.25) is 0 Å². The Balaban J connectivity index is 1.91. The summed E-state index contributed by atoms with van der Waals surface area (Å²) < 4.78 is 0.